The zero-order valence-corrected chi connectivity index (χ0v) is 14.7. The first-order valence-corrected chi connectivity index (χ1v) is 8.46. The van der Waals surface area contributed by atoms with E-state index in [1.807, 2.05) is 0 Å². The van der Waals surface area contributed by atoms with Crippen molar-refractivity contribution in [3.8, 4) is 5.88 Å². The number of aliphatic hydroxyl groups excluding tert-OH is 1. The molecule has 0 atom stereocenters. The Balaban J connectivity index is 2.08. The van der Waals surface area contributed by atoms with Gasteiger partial charge in [-0.3, -0.25) is 5.32 Å². The topological polar surface area (TPSA) is 121 Å². The summed E-state index contributed by atoms with van der Waals surface area (Å²) in [5.74, 6) is -1.99. The van der Waals surface area contributed by atoms with Gasteiger partial charge in [0, 0.05) is 18.7 Å². The standard InChI is InChI=1S/C16H18FN3O5S/c1-9-3-4-10(11(17)7-9)8-25-13-12(15(22)23)14(26-20-13)19-16(24)18-5-2-6-21/h3-4,7,21H,2,5-6,8H2,1H3,(H,22,23)(H2,18,19,24). The Labute approximate surface area is 152 Å². The molecule has 0 saturated heterocycles. The molecule has 0 aliphatic rings. The average Bonchev–Trinajstić information content (AvgIpc) is 2.97. The number of hydrogen-bond donors (Lipinski definition) is 4. The van der Waals surface area contributed by atoms with E-state index in [9.17, 15) is 19.1 Å². The van der Waals surface area contributed by atoms with Crippen LogP contribution in [-0.2, 0) is 6.61 Å². The summed E-state index contributed by atoms with van der Waals surface area (Å²) in [6, 6.07) is 3.98. The van der Waals surface area contributed by atoms with E-state index in [0.717, 1.165) is 17.1 Å². The number of carbonyl (C=O) groups is 2. The highest BCUT2D eigenvalue weighted by Gasteiger charge is 2.23. The molecule has 10 heteroatoms. The number of carboxylic acids is 1. The lowest BCUT2D eigenvalue weighted by molar-refractivity contribution is 0.0693. The summed E-state index contributed by atoms with van der Waals surface area (Å²) in [6.07, 6.45) is 0.373. The number of aromatic carboxylic acids is 1. The quantitative estimate of drug-likeness (QED) is 0.520. The molecule has 1 aromatic heterocycles. The predicted molar refractivity (Wildman–Crippen MR) is 93.3 cm³/mol. The number of amides is 2. The Morgan fingerprint density at radius 3 is 2.81 bits per heavy atom. The molecule has 0 aliphatic carbocycles. The van der Waals surface area contributed by atoms with Crippen LogP contribution in [0.1, 0.15) is 27.9 Å². The van der Waals surface area contributed by atoms with Gasteiger partial charge < -0.3 is 20.3 Å². The number of nitrogens with zero attached hydrogens (tertiary/aromatic N) is 1. The fraction of sp³-hybridized carbons (Fsp3) is 0.312. The third-order valence-corrected chi connectivity index (χ3v) is 4.04. The van der Waals surface area contributed by atoms with Crippen molar-refractivity contribution >= 4 is 28.5 Å². The zero-order valence-electron chi connectivity index (χ0n) is 13.9. The maximum atomic E-state index is 13.8. The van der Waals surface area contributed by atoms with Crippen LogP contribution in [-0.4, -0.2) is 39.7 Å². The number of carboxylic acid groups (broad SMARTS) is 1. The Hall–Kier alpha value is -2.72. The summed E-state index contributed by atoms with van der Waals surface area (Å²) >= 11 is 0.743. The third kappa shape index (κ3) is 5.14. The second-order valence-corrected chi connectivity index (χ2v) is 6.11. The van der Waals surface area contributed by atoms with Gasteiger partial charge in [0.2, 0.25) is 5.88 Å². The molecule has 0 saturated carbocycles. The number of halogens is 1. The summed E-state index contributed by atoms with van der Waals surface area (Å²) in [5, 5.41) is 22.9. The Morgan fingerprint density at radius 1 is 1.38 bits per heavy atom. The highest BCUT2D eigenvalue weighted by atomic mass is 32.1. The van der Waals surface area contributed by atoms with Crippen LogP contribution in [0.5, 0.6) is 5.88 Å². The van der Waals surface area contributed by atoms with Crippen molar-refractivity contribution in [2.75, 3.05) is 18.5 Å². The van der Waals surface area contributed by atoms with Gasteiger partial charge in [-0.25, -0.2) is 14.0 Å². The first kappa shape index (κ1) is 19.6. The molecule has 140 valence electrons. The smallest absolute Gasteiger partial charge is 0.344 e. The monoisotopic (exact) mass is 383 g/mol. The number of nitrogens with one attached hydrogen (secondary N) is 2. The number of anilines is 1. The van der Waals surface area contributed by atoms with Crippen LogP contribution in [0.2, 0.25) is 0 Å². The molecule has 0 spiro atoms. The lowest BCUT2D eigenvalue weighted by Crippen LogP contribution is -2.30. The number of hydrogen-bond acceptors (Lipinski definition) is 6. The number of aliphatic hydroxyl groups is 1. The molecule has 4 N–H and O–H groups in total. The molecule has 0 radical (unpaired) electrons. The van der Waals surface area contributed by atoms with Crippen LogP contribution < -0.4 is 15.4 Å². The first-order chi connectivity index (χ1) is 12.4. The Morgan fingerprint density at radius 2 is 2.15 bits per heavy atom. The van der Waals surface area contributed by atoms with Gasteiger partial charge in [-0.15, -0.1) is 0 Å². The molecule has 1 aromatic carbocycles. The van der Waals surface area contributed by atoms with Gasteiger partial charge in [0.15, 0.2) is 5.56 Å². The van der Waals surface area contributed by atoms with Crippen LogP contribution >= 0.6 is 11.5 Å². The molecule has 8 nitrogen and oxygen atoms in total. The maximum absolute atomic E-state index is 13.8. The van der Waals surface area contributed by atoms with Gasteiger partial charge in [0.05, 0.1) is 0 Å². The predicted octanol–water partition coefficient (Wildman–Crippen LogP) is 2.37. The molecule has 1 heterocycles. The number of rotatable bonds is 8. The molecule has 0 fully saturated rings. The Bertz CT molecular complexity index is 796. The molecule has 0 aliphatic heterocycles. The molecule has 0 unspecified atom stereocenters. The van der Waals surface area contributed by atoms with E-state index in [4.69, 9.17) is 9.84 Å². The van der Waals surface area contributed by atoms with Gasteiger partial charge in [-0.2, -0.15) is 4.37 Å². The van der Waals surface area contributed by atoms with Crippen molar-refractivity contribution in [1.29, 1.82) is 0 Å². The van der Waals surface area contributed by atoms with E-state index in [1.54, 1.807) is 19.1 Å². The minimum atomic E-state index is -1.33. The number of carbonyl (C=O) groups excluding carboxylic acids is 1. The number of ether oxygens (including phenoxy) is 1. The molecular weight excluding hydrogens is 365 g/mol. The molecule has 2 amide bonds. The van der Waals surface area contributed by atoms with Crippen LogP contribution in [0.25, 0.3) is 0 Å². The summed E-state index contributed by atoms with van der Waals surface area (Å²) < 4.78 is 23.1. The molecule has 2 rings (SSSR count). The number of benzene rings is 1. The summed E-state index contributed by atoms with van der Waals surface area (Å²) in [5.41, 5.74) is 0.709. The van der Waals surface area contributed by atoms with E-state index in [0.29, 0.717) is 6.42 Å². The number of aryl methyl sites for hydroxylation is 1. The van der Waals surface area contributed by atoms with Crippen molar-refractivity contribution in [2.24, 2.45) is 0 Å². The van der Waals surface area contributed by atoms with Crippen molar-refractivity contribution in [3.63, 3.8) is 0 Å². The Kier molecular flexibility index (Phi) is 6.87. The third-order valence-electron chi connectivity index (χ3n) is 3.30. The van der Waals surface area contributed by atoms with Crippen LogP contribution in [0, 0.1) is 12.7 Å². The molecular formula is C16H18FN3O5S. The van der Waals surface area contributed by atoms with E-state index < -0.39 is 17.8 Å². The lowest BCUT2D eigenvalue weighted by Gasteiger charge is -2.08. The van der Waals surface area contributed by atoms with E-state index in [-0.39, 0.29) is 41.8 Å². The van der Waals surface area contributed by atoms with Crippen molar-refractivity contribution < 1.29 is 28.9 Å². The van der Waals surface area contributed by atoms with Gasteiger partial charge in [-0.1, -0.05) is 12.1 Å². The fourth-order valence-corrected chi connectivity index (χ4v) is 2.71. The second kappa shape index (κ2) is 9.11. The van der Waals surface area contributed by atoms with Crippen molar-refractivity contribution in [1.82, 2.24) is 9.69 Å². The number of urea groups is 1. The normalized spacial score (nSPS) is 10.4. The molecule has 2 aromatic rings. The van der Waals surface area contributed by atoms with Crippen LogP contribution in [0.4, 0.5) is 14.2 Å². The van der Waals surface area contributed by atoms with Gasteiger partial charge in [0.1, 0.15) is 17.4 Å². The highest BCUT2D eigenvalue weighted by molar-refractivity contribution is 7.11. The molecule has 0 bridgehead atoms. The maximum Gasteiger partial charge on any atom is 0.344 e. The van der Waals surface area contributed by atoms with E-state index in [2.05, 4.69) is 15.0 Å². The minimum Gasteiger partial charge on any atom is -0.477 e. The van der Waals surface area contributed by atoms with Gasteiger partial charge >= 0.3 is 12.0 Å². The molecule has 26 heavy (non-hydrogen) atoms. The largest absolute Gasteiger partial charge is 0.477 e. The minimum absolute atomic E-state index is 0.00150. The van der Waals surface area contributed by atoms with Crippen LogP contribution in [0.3, 0.4) is 0 Å². The van der Waals surface area contributed by atoms with Crippen molar-refractivity contribution in [3.05, 3.63) is 40.7 Å². The second-order valence-electron chi connectivity index (χ2n) is 5.34. The first-order valence-electron chi connectivity index (χ1n) is 7.69. The van der Waals surface area contributed by atoms with Crippen molar-refractivity contribution in [2.45, 2.75) is 20.0 Å². The van der Waals surface area contributed by atoms with E-state index in [1.165, 1.54) is 6.07 Å². The van der Waals surface area contributed by atoms with Crippen LogP contribution in [0.15, 0.2) is 18.2 Å². The average molecular weight is 383 g/mol. The summed E-state index contributed by atoms with van der Waals surface area (Å²) in [4.78, 5) is 23.2. The van der Waals surface area contributed by atoms with Gasteiger partial charge in [-0.05, 0) is 36.5 Å². The SMILES string of the molecule is Cc1ccc(COc2nsc(NC(=O)NCCCO)c2C(=O)O)c(F)c1. The zero-order chi connectivity index (χ0) is 19.1. The van der Waals surface area contributed by atoms with Gasteiger partial charge in [0.25, 0.3) is 0 Å². The fourth-order valence-electron chi connectivity index (χ4n) is 1.99. The lowest BCUT2D eigenvalue weighted by atomic mass is 10.1. The van der Waals surface area contributed by atoms with E-state index >= 15 is 0 Å². The summed E-state index contributed by atoms with van der Waals surface area (Å²) in [6.45, 7) is 1.72. The summed E-state index contributed by atoms with van der Waals surface area (Å²) in [7, 11) is 0. The number of aromatic nitrogens is 1. The highest BCUT2D eigenvalue weighted by Crippen LogP contribution is 2.31.